The number of carbonyl (C=O) groups is 1. The molecule has 1 amide bonds. The summed E-state index contributed by atoms with van der Waals surface area (Å²) in [6.45, 7) is 0.715. The van der Waals surface area contributed by atoms with Gasteiger partial charge in [-0.15, -0.1) is 0 Å². The van der Waals surface area contributed by atoms with Gasteiger partial charge in [-0.25, -0.2) is 9.97 Å². The van der Waals surface area contributed by atoms with Crippen LogP contribution < -0.4 is 15.4 Å². The van der Waals surface area contributed by atoms with E-state index in [4.69, 9.17) is 21.3 Å². The van der Waals surface area contributed by atoms with Crippen molar-refractivity contribution in [2.75, 3.05) is 31.3 Å². The number of hydrogen-bond donors (Lipinski definition) is 3. The molecule has 2 aromatic carbocycles. The minimum atomic E-state index is -0.149. The number of likely N-dealkylation sites (N-methyl/N-ethyl adjacent to an activating group) is 1. The molecule has 39 heavy (non-hydrogen) atoms. The van der Waals surface area contributed by atoms with E-state index in [-0.39, 0.29) is 18.1 Å². The van der Waals surface area contributed by atoms with Gasteiger partial charge in [0.05, 0.1) is 16.9 Å². The first-order valence-electron chi connectivity index (χ1n) is 13.2. The first kappa shape index (κ1) is 26.7. The molecule has 1 aliphatic rings. The summed E-state index contributed by atoms with van der Waals surface area (Å²) in [5.41, 5.74) is 3.43. The standard InChI is InChI=1S/C30H33ClN6O2/c1-37(2)16-6-11-28(38)34-20-12-14-22(15-13-20)39-23-8-5-7-21(17-23)35-30-33-19-26(31)29(36-30)25-18-32-27-10-4-3-9-24(25)27/h3-4,6,9-15,18-19,21,23,32H,5,7-8,16-17H2,1-2H3,(H,34,38)(H,33,35,36)/b11-6+/t21-,23-/m1/s1. The van der Waals surface area contributed by atoms with Crippen molar-refractivity contribution in [2.45, 2.75) is 37.8 Å². The van der Waals surface area contributed by atoms with Crippen molar-refractivity contribution >= 4 is 40.0 Å². The second kappa shape index (κ2) is 12.3. The summed E-state index contributed by atoms with van der Waals surface area (Å²) in [4.78, 5) is 26.6. The molecule has 0 aliphatic heterocycles. The fraction of sp³-hybridized carbons (Fsp3) is 0.300. The zero-order valence-electron chi connectivity index (χ0n) is 22.2. The van der Waals surface area contributed by atoms with Gasteiger partial charge in [-0.05, 0) is 63.7 Å². The lowest BCUT2D eigenvalue weighted by molar-refractivity contribution is -0.111. The summed E-state index contributed by atoms with van der Waals surface area (Å²) < 4.78 is 6.29. The van der Waals surface area contributed by atoms with E-state index in [1.54, 1.807) is 12.3 Å². The number of aromatic amines is 1. The molecular formula is C30H33ClN6O2. The van der Waals surface area contributed by atoms with Gasteiger partial charge >= 0.3 is 0 Å². The number of benzene rings is 2. The maximum Gasteiger partial charge on any atom is 0.248 e. The van der Waals surface area contributed by atoms with Gasteiger partial charge in [0.2, 0.25) is 11.9 Å². The van der Waals surface area contributed by atoms with Gasteiger partial charge in [-0.2, -0.15) is 0 Å². The second-order valence-corrected chi connectivity index (χ2v) is 10.5. The van der Waals surface area contributed by atoms with Crippen LogP contribution in [0.15, 0.2) is 73.1 Å². The van der Waals surface area contributed by atoms with Crippen LogP contribution in [0.4, 0.5) is 11.6 Å². The fourth-order valence-corrected chi connectivity index (χ4v) is 5.02. The van der Waals surface area contributed by atoms with Crippen molar-refractivity contribution in [3.8, 4) is 17.0 Å². The number of anilines is 2. The van der Waals surface area contributed by atoms with E-state index in [9.17, 15) is 4.79 Å². The SMILES string of the molecule is CN(C)C/C=C/C(=O)Nc1ccc(O[C@@H]2CCC[C@@H](Nc3ncc(Cl)c(-c4c[nH]c5ccccc45)n3)C2)cc1. The molecule has 0 spiro atoms. The van der Waals surface area contributed by atoms with Crippen LogP contribution >= 0.6 is 11.6 Å². The Hall–Kier alpha value is -3.88. The Bertz CT molecular complexity index is 1450. The number of aromatic nitrogens is 3. The Morgan fingerprint density at radius 3 is 2.82 bits per heavy atom. The number of carbonyl (C=O) groups excluding carboxylic acids is 1. The molecule has 1 aliphatic carbocycles. The molecule has 2 heterocycles. The predicted octanol–water partition coefficient (Wildman–Crippen LogP) is 6.14. The minimum Gasteiger partial charge on any atom is -0.490 e. The van der Waals surface area contributed by atoms with Crippen molar-refractivity contribution in [1.29, 1.82) is 0 Å². The van der Waals surface area contributed by atoms with Crippen LogP contribution in [-0.4, -0.2) is 58.5 Å². The Kier molecular flexibility index (Phi) is 8.44. The first-order valence-corrected chi connectivity index (χ1v) is 13.6. The zero-order valence-corrected chi connectivity index (χ0v) is 22.9. The average Bonchev–Trinajstić information content (AvgIpc) is 3.35. The average molecular weight is 545 g/mol. The van der Waals surface area contributed by atoms with Gasteiger partial charge < -0.3 is 25.3 Å². The molecule has 0 radical (unpaired) electrons. The molecule has 4 aromatic rings. The monoisotopic (exact) mass is 544 g/mol. The molecule has 2 aromatic heterocycles. The summed E-state index contributed by atoms with van der Waals surface area (Å²) >= 11 is 6.50. The third-order valence-electron chi connectivity index (χ3n) is 6.71. The Labute approximate surface area is 233 Å². The third-order valence-corrected chi connectivity index (χ3v) is 6.99. The number of H-pyrrole nitrogens is 1. The Morgan fingerprint density at radius 1 is 1.18 bits per heavy atom. The van der Waals surface area contributed by atoms with Crippen LogP contribution in [0.25, 0.3) is 22.2 Å². The maximum atomic E-state index is 12.1. The number of halogens is 1. The highest BCUT2D eigenvalue weighted by Gasteiger charge is 2.24. The highest BCUT2D eigenvalue weighted by Crippen LogP contribution is 2.33. The van der Waals surface area contributed by atoms with Crippen LogP contribution in [-0.2, 0) is 4.79 Å². The van der Waals surface area contributed by atoms with Gasteiger partial charge in [0.25, 0.3) is 0 Å². The number of fused-ring (bicyclic) bond motifs is 1. The number of nitrogens with zero attached hydrogens (tertiary/aromatic N) is 3. The van der Waals surface area contributed by atoms with E-state index >= 15 is 0 Å². The molecule has 1 fully saturated rings. The number of nitrogens with one attached hydrogen (secondary N) is 3. The van der Waals surface area contributed by atoms with E-state index in [0.29, 0.717) is 23.2 Å². The molecule has 9 heteroatoms. The Balaban J connectivity index is 1.18. The van der Waals surface area contributed by atoms with E-state index in [1.165, 1.54) is 0 Å². The van der Waals surface area contributed by atoms with E-state index in [1.807, 2.05) is 73.7 Å². The van der Waals surface area contributed by atoms with Gasteiger partial charge in [-0.1, -0.05) is 35.9 Å². The quantitative estimate of drug-likeness (QED) is 0.219. The number of amides is 1. The van der Waals surface area contributed by atoms with Crippen molar-refractivity contribution in [2.24, 2.45) is 0 Å². The lowest BCUT2D eigenvalue weighted by Gasteiger charge is -2.30. The molecule has 202 valence electrons. The van der Waals surface area contributed by atoms with Crippen molar-refractivity contribution in [1.82, 2.24) is 19.9 Å². The van der Waals surface area contributed by atoms with E-state index < -0.39 is 0 Å². The molecule has 0 saturated heterocycles. The van der Waals surface area contributed by atoms with E-state index in [2.05, 4.69) is 26.7 Å². The molecule has 8 nitrogen and oxygen atoms in total. The van der Waals surface area contributed by atoms with Crippen molar-refractivity contribution in [3.63, 3.8) is 0 Å². The van der Waals surface area contributed by atoms with Crippen LogP contribution in [0.3, 0.4) is 0 Å². The highest BCUT2D eigenvalue weighted by atomic mass is 35.5. The summed E-state index contributed by atoms with van der Waals surface area (Å²) in [5, 5.41) is 7.96. The summed E-state index contributed by atoms with van der Waals surface area (Å²) in [6.07, 6.45) is 10.9. The van der Waals surface area contributed by atoms with Gasteiger partial charge in [0.1, 0.15) is 11.9 Å². The van der Waals surface area contributed by atoms with Gasteiger partial charge in [0.15, 0.2) is 0 Å². The summed E-state index contributed by atoms with van der Waals surface area (Å²) in [7, 11) is 3.92. The number of ether oxygens (including phenoxy) is 1. The third kappa shape index (κ3) is 6.96. The lowest BCUT2D eigenvalue weighted by Crippen LogP contribution is -2.33. The molecule has 3 N–H and O–H groups in total. The molecule has 0 unspecified atom stereocenters. The molecule has 5 rings (SSSR count). The van der Waals surface area contributed by atoms with Crippen LogP contribution in [0.5, 0.6) is 5.75 Å². The normalized spacial score (nSPS) is 17.5. The smallest absolute Gasteiger partial charge is 0.248 e. The molecule has 1 saturated carbocycles. The predicted molar refractivity (Wildman–Crippen MR) is 157 cm³/mol. The summed E-state index contributed by atoms with van der Waals surface area (Å²) in [6, 6.07) is 15.8. The Morgan fingerprint density at radius 2 is 2.00 bits per heavy atom. The number of hydrogen-bond acceptors (Lipinski definition) is 6. The van der Waals surface area contributed by atoms with Crippen LogP contribution in [0, 0.1) is 0 Å². The lowest BCUT2D eigenvalue weighted by atomic mass is 9.93. The first-order chi connectivity index (χ1) is 18.9. The number of rotatable bonds is 9. The second-order valence-electron chi connectivity index (χ2n) is 10.1. The van der Waals surface area contributed by atoms with Crippen molar-refractivity contribution < 1.29 is 9.53 Å². The minimum absolute atomic E-state index is 0.0750. The summed E-state index contributed by atoms with van der Waals surface area (Å²) in [5.74, 6) is 1.19. The number of para-hydroxylation sites is 1. The zero-order chi connectivity index (χ0) is 27.2. The largest absolute Gasteiger partial charge is 0.490 e. The molecule has 2 atom stereocenters. The topological polar surface area (TPSA) is 95.2 Å². The molecule has 0 bridgehead atoms. The van der Waals surface area contributed by atoms with Crippen LogP contribution in [0.1, 0.15) is 25.7 Å². The molecular weight excluding hydrogens is 512 g/mol. The highest BCUT2D eigenvalue weighted by molar-refractivity contribution is 6.33. The van der Waals surface area contributed by atoms with Crippen molar-refractivity contribution in [3.05, 3.63) is 78.1 Å². The van der Waals surface area contributed by atoms with Gasteiger partial charge in [0, 0.05) is 53.4 Å². The fourth-order valence-electron chi connectivity index (χ4n) is 4.82. The van der Waals surface area contributed by atoms with Crippen LogP contribution in [0.2, 0.25) is 5.02 Å². The maximum absolute atomic E-state index is 12.1. The van der Waals surface area contributed by atoms with E-state index in [0.717, 1.165) is 53.6 Å². The van der Waals surface area contributed by atoms with Gasteiger partial charge in [-0.3, -0.25) is 4.79 Å².